The molecule has 1 aromatic heterocycles. The van der Waals surface area contributed by atoms with Crippen LogP contribution < -0.4 is 4.74 Å². The zero-order valence-corrected chi connectivity index (χ0v) is 12.3. The third-order valence-corrected chi connectivity index (χ3v) is 2.77. The minimum atomic E-state index is -1.02. The average Bonchev–Trinajstić information content (AvgIpc) is 2.47. The van der Waals surface area contributed by atoms with Crippen LogP contribution in [0.15, 0.2) is 12.4 Å². The molecule has 0 aliphatic heterocycles. The van der Waals surface area contributed by atoms with Crippen LogP contribution in [0.1, 0.15) is 37.0 Å². The molecule has 0 aromatic carbocycles. The number of Topliss-reactive ketones (excluding diaryl/α,β-unsaturated/α-hetero) is 2. The van der Waals surface area contributed by atoms with Gasteiger partial charge in [0.15, 0.2) is 5.78 Å². The highest BCUT2D eigenvalue weighted by molar-refractivity contribution is 6.08. The number of ketones is 2. The number of hydrogen-bond acceptors (Lipinski definition) is 7. The van der Waals surface area contributed by atoms with Crippen LogP contribution in [0.5, 0.6) is 6.01 Å². The molecule has 1 aromatic rings. The first kappa shape index (κ1) is 16.7. The molecule has 0 aliphatic rings. The Morgan fingerprint density at radius 1 is 1.24 bits per heavy atom. The van der Waals surface area contributed by atoms with Gasteiger partial charge in [0.25, 0.3) is 0 Å². The molecule has 0 N–H and O–H groups in total. The molecule has 114 valence electrons. The van der Waals surface area contributed by atoms with Gasteiger partial charge in [0.1, 0.15) is 11.7 Å². The summed E-state index contributed by atoms with van der Waals surface area (Å²) in [4.78, 5) is 42.9. The van der Waals surface area contributed by atoms with Crippen LogP contribution in [0.3, 0.4) is 0 Å². The average molecular weight is 294 g/mol. The molecule has 1 unspecified atom stereocenters. The highest BCUT2D eigenvalue weighted by Gasteiger charge is 2.29. The Morgan fingerprint density at radius 2 is 1.86 bits per heavy atom. The molecule has 0 fully saturated rings. The van der Waals surface area contributed by atoms with Crippen molar-refractivity contribution in [2.24, 2.45) is 5.92 Å². The summed E-state index contributed by atoms with van der Waals surface area (Å²) in [6.45, 7) is 3.23. The van der Waals surface area contributed by atoms with Crippen LogP contribution >= 0.6 is 0 Å². The van der Waals surface area contributed by atoms with Gasteiger partial charge in [-0.2, -0.15) is 0 Å². The minimum absolute atomic E-state index is 0.0944. The Labute approximate surface area is 122 Å². The van der Waals surface area contributed by atoms with E-state index in [4.69, 9.17) is 9.47 Å². The standard InChI is InChI=1S/C14H18N2O5/c1-4-21-13(19)11(6-5-9(2)17)12(18)10-7-15-14(20-3)16-8-10/h7-8,11H,4-6H2,1-3H3. The van der Waals surface area contributed by atoms with Crippen LogP contribution in [-0.2, 0) is 14.3 Å². The fourth-order valence-corrected chi connectivity index (χ4v) is 1.70. The van der Waals surface area contributed by atoms with Crippen molar-refractivity contribution in [1.82, 2.24) is 9.97 Å². The predicted molar refractivity (Wildman–Crippen MR) is 73.0 cm³/mol. The van der Waals surface area contributed by atoms with E-state index in [1.807, 2.05) is 0 Å². The monoisotopic (exact) mass is 294 g/mol. The molecule has 0 saturated heterocycles. The third-order valence-electron chi connectivity index (χ3n) is 2.77. The van der Waals surface area contributed by atoms with Crippen molar-refractivity contribution < 1.29 is 23.9 Å². The highest BCUT2D eigenvalue weighted by atomic mass is 16.5. The summed E-state index contributed by atoms with van der Waals surface area (Å²) < 4.78 is 9.69. The van der Waals surface area contributed by atoms with Gasteiger partial charge in [0, 0.05) is 18.8 Å². The maximum atomic E-state index is 12.3. The summed E-state index contributed by atoms with van der Waals surface area (Å²) in [5.74, 6) is -2.22. The Morgan fingerprint density at radius 3 is 2.33 bits per heavy atom. The molecule has 0 spiro atoms. The topological polar surface area (TPSA) is 95.5 Å². The summed E-state index contributed by atoms with van der Waals surface area (Å²) in [6, 6.07) is 0.128. The Hall–Kier alpha value is -2.31. The van der Waals surface area contributed by atoms with Gasteiger partial charge in [-0.15, -0.1) is 0 Å². The van der Waals surface area contributed by atoms with Gasteiger partial charge < -0.3 is 14.3 Å². The van der Waals surface area contributed by atoms with Gasteiger partial charge in [0.05, 0.1) is 19.3 Å². The molecular weight excluding hydrogens is 276 g/mol. The molecule has 0 amide bonds. The van der Waals surface area contributed by atoms with Crippen molar-refractivity contribution in [1.29, 1.82) is 0 Å². The number of methoxy groups -OCH3 is 1. The van der Waals surface area contributed by atoms with E-state index in [0.29, 0.717) is 0 Å². The van der Waals surface area contributed by atoms with Crippen LogP contribution in [0, 0.1) is 5.92 Å². The Kier molecular flexibility index (Phi) is 6.45. The lowest BCUT2D eigenvalue weighted by Gasteiger charge is -2.13. The van der Waals surface area contributed by atoms with Gasteiger partial charge in [-0.3, -0.25) is 9.59 Å². The summed E-state index contributed by atoms with van der Waals surface area (Å²) in [6.07, 6.45) is 2.81. The molecule has 0 saturated carbocycles. The lowest BCUT2D eigenvalue weighted by Crippen LogP contribution is -2.27. The van der Waals surface area contributed by atoms with E-state index in [1.165, 1.54) is 26.4 Å². The quantitative estimate of drug-likeness (QED) is 0.404. The maximum absolute atomic E-state index is 12.3. The largest absolute Gasteiger partial charge is 0.467 e. The van der Waals surface area contributed by atoms with Crippen molar-refractivity contribution in [2.75, 3.05) is 13.7 Å². The molecule has 1 atom stereocenters. The second-order valence-corrected chi connectivity index (χ2v) is 4.37. The van der Waals surface area contributed by atoms with Crippen molar-refractivity contribution in [3.8, 4) is 6.01 Å². The lowest BCUT2D eigenvalue weighted by molar-refractivity contribution is -0.146. The van der Waals surface area contributed by atoms with E-state index in [0.717, 1.165) is 0 Å². The summed E-state index contributed by atoms with van der Waals surface area (Å²) in [7, 11) is 1.41. The molecule has 1 heterocycles. The first-order chi connectivity index (χ1) is 9.99. The molecule has 0 aliphatic carbocycles. The second kappa shape index (κ2) is 8.08. The van der Waals surface area contributed by atoms with E-state index < -0.39 is 17.7 Å². The van der Waals surface area contributed by atoms with Crippen molar-refractivity contribution in [3.05, 3.63) is 18.0 Å². The smallest absolute Gasteiger partial charge is 0.316 e. The zero-order chi connectivity index (χ0) is 15.8. The fourth-order valence-electron chi connectivity index (χ4n) is 1.70. The number of aromatic nitrogens is 2. The van der Waals surface area contributed by atoms with Gasteiger partial charge >= 0.3 is 12.0 Å². The molecule has 7 nitrogen and oxygen atoms in total. The normalized spacial score (nSPS) is 11.6. The van der Waals surface area contributed by atoms with Crippen LogP contribution in [0.25, 0.3) is 0 Å². The van der Waals surface area contributed by atoms with Crippen LogP contribution in [0.2, 0.25) is 0 Å². The SMILES string of the molecule is CCOC(=O)C(CCC(C)=O)C(=O)c1cnc(OC)nc1. The number of carbonyl (C=O) groups is 3. The Balaban J connectivity index is 2.91. The molecular formula is C14H18N2O5. The number of nitrogens with zero attached hydrogens (tertiary/aromatic N) is 2. The van der Waals surface area contributed by atoms with E-state index in [2.05, 4.69) is 9.97 Å². The molecule has 7 heteroatoms. The zero-order valence-electron chi connectivity index (χ0n) is 12.3. The highest BCUT2D eigenvalue weighted by Crippen LogP contribution is 2.16. The maximum Gasteiger partial charge on any atom is 0.316 e. The predicted octanol–water partition coefficient (Wildman–Crippen LogP) is 1.22. The Bertz CT molecular complexity index is 513. The van der Waals surface area contributed by atoms with Crippen molar-refractivity contribution in [3.63, 3.8) is 0 Å². The first-order valence-electron chi connectivity index (χ1n) is 6.55. The van der Waals surface area contributed by atoms with Gasteiger partial charge in [-0.05, 0) is 20.3 Å². The van der Waals surface area contributed by atoms with Gasteiger partial charge in [-0.1, -0.05) is 0 Å². The molecule has 0 bridgehead atoms. The minimum Gasteiger partial charge on any atom is -0.467 e. The van der Waals surface area contributed by atoms with E-state index in [1.54, 1.807) is 6.92 Å². The van der Waals surface area contributed by atoms with E-state index in [-0.39, 0.29) is 36.8 Å². The van der Waals surface area contributed by atoms with Gasteiger partial charge in [-0.25, -0.2) is 9.97 Å². The van der Waals surface area contributed by atoms with Crippen LogP contribution in [0.4, 0.5) is 0 Å². The van der Waals surface area contributed by atoms with E-state index in [9.17, 15) is 14.4 Å². The van der Waals surface area contributed by atoms with Gasteiger partial charge in [0.2, 0.25) is 0 Å². The lowest BCUT2D eigenvalue weighted by atomic mass is 9.94. The second-order valence-electron chi connectivity index (χ2n) is 4.37. The summed E-state index contributed by atoms with van der Waals surface area (Å²) in [5, 5.41) is 0. The van der Waals surface area contributed by atoms with Crippen molar-refractivity contribution >= 4 is 17.5 Å². The molecule has 1 rings (SSSR count). The number of hydrogen-bond donors (Lipinski definition) is 0. The fraction of sp³-hybridized carbons (Fsp3) is 0.500. The summed E-state index contributed by atoms with van der Waals surface area (Å²) >= 11 is 0. The van der Waals surface area contributed by atoms with E-state index >= 15 is 0 Å². The number of ether oxygens (including phenoxy) is 2. The number of carbonyl (C=O) groups excluding carboxylic acids is 3. The third kappa shape index (κ3) is 4.94. The van der Waals surface area contributed by atoms with Crippen molar-refractivity contribution in [2.45, 2.75) is 26.7 Å². The number of rotatable bonds is 8. The summed E-state index contributed by atoms with van der Waals surface area (Å²) in [5.41, 5.74) is 0.178. The molecule has 21 heavy (non-hydrogen) atoms. The number of esters is 1. The first-order valence-corrected chi connectivity index (χ1v) is 6.55. The molecule has 0 radical (unpaired) electrons. The van der Waals surface area contributed by atoms with Crippen LogP contribution in [-0.4, -0.2) is 41.2 Å².